The van der Waals surface area contributed by atoms with Crippen LogP contribution in [0.2, 0.25) is 0 Å². The molecule has 1 unspecified atom stereocenters. The van der Waals surface area contributed by atoms with Gasteiger partial charge in [-0.3, -0.25) is 0 Å². The second-order valence-corrected chi connectivity index (χ2v) is 5.46. The van der Waals surface area contributed by atoms with Crippen molar-refractivity contribution in [1.82, 2.24) is 0 Å². The van der Waals surface area contributed by atoms with Crippen molar-refractivity contribution in [3.8, 4) is 0 Å². The lowest BCUT2D eigenvalue weighted by Gasteiger charge is -2.30. The van der Waals surface area contributed by atoms with E-state index < -0.39 is 11.7 Å². The normalized spacial score (nSPS) is 18.8. The topological polar surface area (TPSA) is 38.0 Å². The lowest BCUT2D eigenvalue weighted by atomic mass is 9.84. The molecule has 0 heterocycles. The van der Waals surface area contributed by atoms with Crippen LogP contribution in [0.25, 0.3) is 0 Å². The molecule has 2 rings (SSSR count). The summed E-state index contributed by atoms with van der Waals surface area (Å²) in [7, 11) is 0. The largest absolute Gasteiger partial charge is 0.416 e. The van der Waals surface area contributed by atoms with E-state index in [2.05, 4.69) is 5.32 Å². The lowest BCUT2D eigenvalue weighted by molar-refractivity contribution is -0.137. The van der Waals surface area contributed by atoms with Gasteiger partial charge in [-0.25, -0.2) is 0 Å². The standard InChI is InChI=1S/C15H21F3N2/c16-15(17,18)12-6-8-13(9-7-12)20-14(10-19)11-4-2-1-3-5-11/h6-9,11,14,20H,1-5,10,19H2. The van der Waals surface area contributed by atoms with Crippen LogP contribution in [-0.2, 0) is 6.18 Å². The van der Waals surface area contributed by atoms with Gasteiger partial charge in [0, 0.05) is 18.3 Å². The summed E-state index contributed by atoms with van der Waals surface area (Å²) in [5, 5.41) is 3.28. The number of halogens is 3. The first kappa shape index (κ1) is 15.2. The number of hydrogen-bond acceptors (Lipinski definition) is 2. The smallest absolute Gasteiger partial charge is 0.381 e. The molecule has 0 spiro atoms. The molecule has 0 amide bonds. The number of benzene rings is 1. The van der Waals surface area contributed by atoms with E-state index in [1.807, 2.05) is 0 Å². The van der Waals surface area contributed by atoms with Crippen LogP contribution in [0, 0.1) is 5.92 Å². The zero-order valence-electron chi connectivity index (χ0n) is 11.4. The third-order valence-electron chi connectivity index (χ3n) is 4.04. The van der Waals surface area contributed by atoms with Crippen LogP contribution in [0.1, 0.15) is 37.7 Å². The second-order valence-electron chi connectivity index (χ2n) is 5.46. The van der Waals surface area contributed by atoms with Gasteiger partial charge in [0.1, 0.15) is 0 Å². The van der Waals surface area contributed by atoms with E-state index in [9.17, 15) is 13.2 Å². The van der Waals surface area contributed by atoms with E-state index in [-0.39, 0.29) is 6.04 Å². The molecule has 3 N–H and O–H groups in total. The molecule has 112 valence electrons. The monoisotopic (exact) mass is 286 g/mol. The van der Waals surface area contributed by atoms with Crippen molar-refractivity contribution in [2.45, 2.75) is 44.3 Å². The Morgan fingerprint density at radius 1 is 1.10 bits per heavy atom. The maximum absolute atomic E-state index is 12.5. The molecule has 1 atom stereocenters. The highest BCUT2D eigenvalue weighted by molar-refractivity contribution is 5.46. The molecular formula is C15H21F3N2. The molecule has 0 radical (unpaired) electrons. The summed E-state index contributed by atoms with van der Waals surface area (Å²) < 4.78 is 37.5. The Hall–Kier alpha value is -1.23. The van der Waals surface area contributed by atoms with Crippen molar-refractivity contribution < 1.29 is 13.2 Å². The first-order valence-electron chi connectivity index (χ1n) is 7.14. The summed E-state index contributed by atoms with van der Waals surface area (Å²) >= 11 is 0. The average molecular weight is 286 g/mol. The summed E-state index contributed by atoms with van der Waals surface area (Å²) in [6.07, 6.45) is 1.72. The highest BCUT2D eigenvalue weighted by atomic mass is 19.4. The van der Waals surface area contributed by atoms with Gasteiger partial charge >= 0.3 is 6.18 Å². The molecule has 0 saturated heterocycles. The van der Waals surface area contributed by atoms with Gasteiger partial charge in [-0.2, -0.15) is 13.2 Å². The van der Waals surface area contributed by atoms with E-state index in [1.165, 1.54) is 31.4 Å². The molecule has 1 aliphatic carbocycles. The molecule has 1 fully saturated rings. The lowest BCUT2D eigenvalue weighted by Crippen LogP contribution is -2.37. The van der Waals surface area contributed by atoms with E-state index in [0.29, 0.717) is 18.2 Å². The van der Waals surface area contributed by atoms with Crippen molar-refractivity contribution in [3.05, 3.63) is 29.8 Å². The van der Waals surface area contributed by atoms with Crippen LogP contribution in [0.4, 0.5) is 18.9 Å². The van der Waals surface area contributed by atoms with E-state index in [0.717, 1.165) is 25.0 Å². The van der Waals surface area contributed by atoms with Crippen LogP contribution < -0.4 is 11.1 Å². The Labute approximate surface area is 117 Å². The van der Waals surface area contributed by atoms with Crippen LogP contribution in [0.3, 0.4) is 0 Å². The van der Waals surface area contributed by atoms with Gasteiger partial charge in [0.2, 0.25) is 0 Å². The van der Waals surface area contributed by atoms with Gasteiger partial charge in [-0.1, -0.05) is 19.3 Å². The minimum atomic E-state index is -4.28. The van der Waals surface area contributed by atoms with Crippen molar-refractivity contribution in [2.24, 2.45) is 11.7 Å². The number of rotatable bonds is 4. The molecule has 0 bridgehead atoms. The fourth-order valence-corrected chi connectivity index (χ4v) is 2.88. The molecule has 1 aromatic carbocycles. The Morgan fingerprint density at radius 2 is 1.70 bits per heavy atom. The zero-order valence-corrected chi connectivity index (χ0v) is 11.4. The van der Waals surface area contributed by atoms with Gasteiger partial charge in [0.15, 0.2) is 0 Å². The summed E-state index contributed by atoms with van der Waals surface area (Å²) in [5.41, 5.74) is 5.90. The molecule has 0 aliphatic heterocycles. The maximum Gasteiger partial charge on any atom is 0.416 e. The number of hydrogen-bond donors (Lipinski definition) is 2. The van der Waals surface area contributed by atoms with E-state index >= 15 is 0 Å². The number of nitrogens with two attached hydrogens (primary N) is 1. The fourth-order valence-electron chi connectivity index (χ4n) is 2.88. The van der Waals surface area contributed by atoms with Crippen LogP contribution in [0.15, 0.2) is 24.3 Å². The second kappa shape index (κ2) is 6.48. The predicted octanol–water partition coefficient (Wildman–Crippen LogP) is 4.02. The first-order valence-corrected chi connectivity index (χ1v) is 7.14. The number of nitrogens with one attached hydrogen (secondary N) is 1. The van der Waals surface area contributed by atoms with E-state index in [4.69, 9.17) is 5.73 Å². The van der Waals surface area contributed by atoms with Crippen molar-refractivity contribution >= 4 is 5.69 Å². The molecule has 1 aliphatic rings. The summed E-state index contributed by atoms with van der Waals surface area (Å²) in [4.78, 5) is 0. The minimum absolute atomic E-state index is 0.145. The molecule has 1 saturated carbocycles. The molecule has 1 aromatic rings. The van der Waals surface area contributed by atoms with Crippen molar-refractivity contribution in [1.29, 1.82) is 0 Å². The Kier molecular flexibility index (Phi) is 4.91. The van der Waals surface area contributed by atoms with Gasteiger partial charge in [0.05, 0.1) is 5.56 Å². The van der Waals surface area contributed by atoms with Crippen LogP contribution >= 0.6 is 0 Å². The quantitative estimate of drug-likeness (QED) is 0.877. The highest BCUT2D eigenvalue weighted by Gasteiger charge is 2.30. The minimum Gasteiger partial charge on any atom is -0.381 e. The molecule has 2 nitrogen and oxygen atoms in total. The zero-order chi connectivity index (χ0) is 14.6. The Bertz CT molecular complexity index is 408. The highest BCUT2D eigenvalue weighted by Crippen LogP contribution is 2.31. The molecular weight excluding hydrogens is 265 g/mol. The van der Waals surface area contributed by atoms with Gasteiger partial charge in [-0.15, -0.1) is 0 Å². The molecule has 20 heavy (non-hydrogen) atoms. The van der Waals surface area contributed by atoms with Crippen LogP contribution in [0.5, 0.6) is 0 Å². The molecule has 0 aromatic heterocycles. The fraction of sp³-hybridized carbons (Fsp3) is 0.600. The Morgan fingerprint density at radius 3 is 2.20 bits per heavy atom. The number of anilines is 1. The van der Waals surface area contributed by atoms with Gasteiger partial charge in [0.25, 0.3) is 0 Å². The van der Waals surface area contributed by atoms with Gasteiger partial charge < -0.3 is 11.1 Å². The summed E-state index contributed by atoms with van der Waals surface area (Å²) in [6.45, 7) is 0.506. The molecule has 5 heteroatoms. The van der Waals surface area contributed by atoms with Crippen molar-refractivity contribution in [3.63, 3.8) is 0 Å². The SMILES string of the molecule is NCC(Nc1ccc(C(F)(F)F)cc1)C1CCCCC1. The first-order chi connectivity index (χ1) is 9.50. The third-order valence-corrected chi connectivity index (χ3v) is 4.04. The number of alkyl halides is 3. The van der Waals surface area contributed by atoms with Crippen LogP contribution in [-0.4, -0.2) is 12.6 Å². The Balaban J connectivity index is 2.00. The summed E-state index contributed by atoms with van der Waals surface area (Å²) in [5.74, 6) is 0.524. The van der Waals surface area contributed by atoms with Gasteiger partial charge in [-0.05, 0) is 43.0 Å². The third kappa shape index (κ3) is 3.88. The predicted molar refractivity (Wildman–Crippen MR) is 74.5 cm³/mol. The van der Waals surface area contributed by atoms with E-state index in [1.54, 1.807) is 0 Å². The maximum atomic E-state index is 12.5. The average Bonchev–Trinajstić information content (AvgIpc) is 2.45. The van der Waals surface area contributed by atoms with Crippen molar-refractivity contribution in [2.75, 3.05) is 11.9 Å². The summed E-state index contributed by atoms with van der Waals surface area (Å²) in [6, 6.07) is 5.32.